The first-order valence-electron chi connectivity index (χ1n) is 2.86. The molecule has 0 aromatic carbocycles. The molecule has 1 fully saturated rings. The van der Waals surface area contributed by atoms with Gasteiger partial charge in [0.1, 0.15) is 0 Å². The Kier molecular flexibility index (Phi) is 1.03. The zero-order valence-corrected chi connectivity index (χ0v) is 5.27. The quantitative estimate of drug-likeness (QED) is 0.453. The fraction of sp³-hybridized carbons (Fsp3) is 0.833. The molecular weight excluding hydrogens is 102 g/mol. The molecule has 2 nitrogen and oxygen atoms in total. The van der Waals surface area contributed by atoms with E-state index in [9.17, 15) is 4.79 Å². The van der Waals surface area contributed by atoms with Crippen LogP contribution in [0, 0.1) is 0 Å². The molecule has 1 radical (unpaired) electrons. The molecule has 1 saturated heterocycles. The Morgan fingerprint density at radius 1 is 1.62 bits per heavy atom. The van der Waals surface area contributed by atoms with E-state index >= 15 is 0 Å². The van der Waals surface area contributed by atoms with Gasteiger partial charge in [0.15, 0.2) is 0 Å². The summed E-state index contributed by atoms with van der Waals surface area (Å²) in [5, 5.41) is 3.88. The molecule has 2 heteroatoms. The molecule has 0 saturated carbocycles. The van der Waals surface area contributed by atoms with E-state index in [0.29, 0.717) is 6.42 Å². The van der Waals surface area contributed by atoms with Gasteiger partial charge in [0.25, 0.3) is 0 Å². The lowest BCUT2D eigenvalue weighted by Gasteiger charge is -2.11. The van der Waals surface area contributed by atoms with Crippen molar-refractivity contribution in [1.29, 1.82) is 0 Å². The summed E-state index contributed by atoms with van der Waals surface area (Å²) >= 11 is 0. The highest BCUT2D eigenvalue weighted by Gasteiger charge is 2.29. The Labute approximate surface area is 49.3 Å². The molecule has 0 unspecified atom stereocenters. The van der Waals surface area contributed by atoms with Gasteiger partial charge in [-0.25, -0.2) is 5.32 Å². The molecule has 0 atom stereocenters. The minimum Gasteiger partial charge on any atom is -0.273 e. The number of rotatable bonds is 0. The summed E-state index contributed by atoms with van der Waals surface area (Å²) in [6.45, 7) is 3.97. The molecule has 0 aliphatic carbocycles. The van der Waals surface area contributed by atoms with E-state index in [0.717, 1.165) is 6.42 Å². The molecule has 0 bridgehead atoms. The maximum Gasteiger partial charge on any atom is 0.241 e. The highest BCUT2D eigenvalue weighted by Crippen LogP contribution is 2.19. The van der Waals surface area contributed by atoms with E-state index in [1.165, 1.54) is 0 Å². The van der Waals surface area contributed by atoms with Crippen LogP contribution in [-0.2, 0) is 4.79 Å². The Morgan fingerprint density at radius 2 is 2.25 bits per heavy atom. The van der Waals surface area contributed by atoms with Crippen molar-refractivity contribution in [1.82, 2.24) is 5.32 Å². The third-order valence-electron chi connectivity index (χ3n) is 1.38. The molecule has 8 heavy (non-hydrogen) atoms. The Morgan fingerprint density at radius 3 is 2.38 bits per heavy atom. The van der Waals surface area contributed by atoms with Gasteiger partial charge in [-0.3, -0.25) is 4.79 Å². The summed E-state index contributed by atoms with van der Waals surface area (Å²) in [7, 11) is 0. The SMILES string of the molecule is CC1(C)CCC(=O)[N]1. The molecule has 1 amide bonds. The molecule has 1 heterocycles. The van der Waals surface area contributed by atoms with Crippen molar-refractivity contribution < 1.29 is 4.79 Å². The second-order valence-corrected chi connectivity index (χ2v) is 2.82. The number of carbonyl (C=O) groups is 1. The predicted octanol–water partition coefficient (Wildman–Crippen LogP) is 0.690. The first-order chi connectivity index (χ1) is 3.60. The summed E-state index contributed by atoms with van der Waals surface area (Å²) in [5.74, 6) is 0.0648. The van der Waals surface area contributed by atoms with Crippen molar-refractivity contribution in [3.8, 4) is 0 Å². The standard InChI is InChI=1S/C6H10NO/c1-6(2)4-3-5(8)7-6/h3-4H2,1-2H3. The van der Waals surface area contributed by atoms with E-state index in [1.54, 1.807) is 0 Å². The fourth-order valence-corrected chi connectivity index (χ4v) is 0.862. The molecule has 0 spiro atoms. The highest BCUT2D eigenvalue weighted by molar-refractivity contribution is 5.78. The van der Waals surface area contributed by atoms with Crippen molar-refractivity contribution in [3.05, 3.63) is 0 Å². The van der Waals surface area contributed by atoms with Gasteiger partial charge in [-0.15, -0.1) is 0 Å². The van der Waals surface area contributed by atoms with Crippen molar-refractivity contribution in [2.24, 2.45) is 0 Å². The smallest absolute Gasteiger partial charge is 0.241 e. The fourth-order valence-electron chi connectivity index (χ4n) is 0.862. The molecule has 0 aromatic heterocycles. The van der Waals surface area contributed by atoms with Gasteiger partial charge in [0.2, 0.25) is 5.91 Å². The van der Waals surface area contributed by atoms with Crippen LogP contribution >= 0.6 is 0 Å². The van der Waals surface area contributed by atoms with E-state index in [4.69, 9.17) is 0 Å². The topological polar surface area (TPSA) is 31.2 Å². The maximum atomic E-state index is 10.5. The molecule has 0 N–H and O–H groups in total. The van der Waals surface area contributed by atoms with Crippen LogP contribution < -0.4 is 5.32 Å². The number of amides is 1. The van der Waals surface area contributed by atoms with Crippen LogP contribution in [0.5, 0.6) is 0 Å². The lowest BCUT2D eigenvalue weighted by molar-refractivity contribution is -0.119. The molecule has 45 valence electrons. The van der Waals surface area contributed by atoms with Crippen LogP contribution in [0.3, 0.4) is 0 Å². The third-order valence-corrected chi connectivity index (χ3v) is 1.38. The zero-order chi connectivity index (χ0) is 6.20. The van der Waals surface area contributed by atoms with Crippen LogP contribution in [0.25, 0.3) is 0 Å². The molecular formula is C6H10NO. The van der Waals surface area contributed by atoms with E-state index < -0.39 is 0 Å². The average Bonchev–Trinajstić information content (AvgIpc) is 1.82. The van der Waals surface area contributed by atoms with Gasteiger partial charge in [0.05, 0.1) is 5.54 Å². The van der Waals surface area contributed by atoms with Crippen molar-refractivity contribution >= 4 is 5.91 Å². The van der Waals surface area contributed by atoms with Gasteiger partial charge < -0.3 is 0 Å². The van der Waals surface area contributed by atoms with Gasteiger partial charge in [-0.1, -0.05) is 0 Å². The number of hydrogen-bond donors (Lipinski definition) is 0. The van der Waals surface area contributed by atoms with Crippen LogP contribution in [0.1, 0.15) is 26.7 Å². The van der Waals surface area contributed by atoms with Crippen molar-refractivity contribution in [3.63, 3.8) is 0 Å². The number of nitrogens with zero attached hydrogens (tertiary/aromatic N) is 1. The molecule has 1 aliphatic rings. The second kappa shape index (κ2) is 1.47. The van der Waals surface area contributed by atoms with E-state index in [2.05, 4.69) is 5.32 Å². The minimum absolute atomic E-state index is 0.0584. The average molecular weight is 112 g/mol. The molecule has 1 aliphatic heterocycles. The molecule has 1 rings (SSSR count). The lowest BCUT2D eigenvalue weighted by atomic mass is 10.0. The second-order valence-electron chi connectivity index (χ2n) is 2.82. The van der Waals surface area contributed by atoms with Gasteiger partial charge in [0, 0.05) is 6.42 Å². The van der Waals surface area contributed by atoms with E-state index in [-0.39, 0.29) is 11.4 Å². The minimum atomic E-state index is -0.0584. The number of carbonyl (C=O) groups excluding carboxylic acids is 1. The summed E-state index contributed by atoms with van der Waals surface area (Å²) in [6.07, 6.45) is 1.57. The molecule has 0 aromatic rings. The van der Waals surface area contributed by atoms with Crippen LogP contribution in [-0.4, -0.2) is 11.4 Å². The predicted molar refractivity (Wildman–Crippen MR) is 30.5 cm³/mol. The maximum absolute atomic E-state index is 10.5. The van der Waals surface area contributed by atoms with Gasteiger partial charge in [-0.05, 0) is 20.3 Å². The zero-order valence-electron chi connectivity index (χ0n) is 5.27. The summed E-state index contributed by atoms with van der Waals surface area (Å²) in [6, 6.07) is 0. The third kappa shape index (κ3) is 0.997. The van der Waals surface area contributed by atoms with Gasteiger partial charge >= 0.3 is 0 Å². The summed E-state index contributed by atoms with van der Waals surface area (Å²) < 4.78 is 0. The van der Waals surface area contributed by atoms with Crippen molar-refractivity contribution in [2.45, 2.75) is 32.2 Å². The highest BCUT2D eigenvalue weighted by atomic mass is 16.2. The Bertz CT molecular complexity index is 118. The normalized spacial score (nSPS) is 25.5. The van der Waals surface area contributed by atoms with Gasteiger partial charge in [-0.2, -0.15) is 0 Å². The lowest BCUT2D eigenvalue weighted by Crippen LogP contribution is -2.27. The van der Waals surface area contributed by atoms with E-state index in [1.807, 2.05) is 13.8 Å². The Hall–Kier alpha value is -0.530. The monoisotopic (exact) mass is 112 g/mol. The number of hydrogen-bond acceptors (Lipinski definition) is 1. The largest absolute Gasteiger partial charge is 0.273 e. The summed E-state index contributed by atoms with van der Waals surface area (Å²) in [5.41, 5.74) is -0.0584. The van der Waals surface area contributed by atoms with Crippen molar-refractivity contribution in [2.75, 3.05) is 0 Å². The van der Waals surface area contributed by atoms with Crippen LogP contribution in [0.4, 0.5) is 0 Å². The van der Waals surface area contributed by atoms with Crippen LogP contribution in [0.2, 0.25) is 0 Å². The Balaban J connectivity index is 2.56. The first-order valence-corrected chi connectivity index (χ1v) is 2.86. The first kappa shape index (κ1) is 5.60. The van der Waals surface area contributed by atoms with Crippen LogP contribution in [0.15, 0.2) is 0 Å². The summed E-state index contributed by atoms with van der Waals surface area (Å²) in [4.78, 5) is 10.5.